The van der Waals surface area contributed by atoms with E-state index in [4.69, 9.17) is 4.74 Å². The Kier molecular flexibility index (Phi) is 6.66. The first kappa shape index (κ1) is 15.3. The first-order chi connectivity index (χ1) is 9.33. The van der Waals surface area contributed by atoms with Crippen molar-refractivity contribution in [2.45, 2.75) is 83.3 Å². The molecule has 0 aromatic heterocycles. The highest BCUT2D eigenvalue weighted by Crippen LogP contribution is 2.34. The first-order valence-electron chi connectivity index (χ1n) is 8.62. The van der Waals surface area contributed by atoms with Crippen LogP contribution in [0.2, 0.25) is 0 Å². The van der Waals surface area contributed by atoms with Gasteiger partial charge in [0.1, 0.15) is 0 Å². The fourth-order valence-electron chi connectivity index (χ4n) is 3.89. The van der Waals surface area contributed by atoms with E-state index < -0.39 is 0 Å². The third-order valence-corrected chi connectivity index (χ3v) is 5.33. The Morgan fingerprint density at radius 1 is 1.00 bits per heavy atom. The molecular formula is C17H33NO. The van der Waals surface area contributed by atoms with Gasteiger partial charge in [-0.15, -0.1) is 0 Å². The van der Waals surface area contributed by atoms with Gasteiger partial charge >= 0.3 is 0 Å². The minimum absolute atomic E-state index is 0.584. The van der Waals surface area contributed by atoms with Gasteiger partial charge in [-0.1, -0.05) is 26.2 Å². The molecule has 0 aromatic carbocycles. The first-order valence-corrected chi connectivity index (χ1v) is 8.62. The number of hydrogen-bond donors (Lipinski definition) is 1. The van der Waals surface area contributed by atoms with Crippen molar-refractivity contribution in [1.29, 1.82) is 0 Å². The molecule has 112 valence electrons. The van der Waals surface area contributed by atoms with Crippen molar-refractivity contribution in [2.24, 2.45) is 11.8 Å². The third-order valence-electron chi connectivity index (χ3n) is 5.33. The van der Waals surface area contributed by atoms with Crippen LogP contribution < -0.4 is 5.32 Å². The van der Waals surface area contributed by atoms with Crippen LogP contribution in [-0.2, 0) is 4.74 Å². The zero-order chi connectivity index (χ0) is 13.5. The highest BCUT2D eigenvalue weighted by atomic mass is 16.5. The molecule has 1 aliphatic heterocycles. The second kappa shape index (κ2) is 8.26. The molecule has 2 atom stereocenters. The lowest BCUT2D eigenvalue weighted by Gasteiger charge is -2.37. The van der Waals surface area contributed by atoms with Crippen molar-refractivity contribution in [3.63, 3.8) is 0 Å². The lowest BCUT2D eigenvalue weighted by atomic mass is 9.79. The molecule has 2 rings (SSSR count). The van der Waals surface area contributed by atoms with Crippen molar-refractivity contribution in [2.75, 3.05) is 13.7 Å². The standard InChI is InChI=1S/C17H33NO/c1-3-4-5-6-14-7-12-17(19-13-14)15-8-10-16(18-2)11-9-15/h14-18H,3-13H2,1-2H3. The van der Waals surface area contributed by atoms with E-state index in [2.05, 4.69) is 19.3 Å². The predicted molar refractivity (Wildman–Crippen MR) is 81.4 cm³/mol. The zero-order valence-corrected chi connectivity index (χ0v) is 13.0. The predicted octanol–water partition coefficient (Wildman–Crippen LogP) is 4.14. The fraction of sp³-hybridized carbons (Fsp3) is 1.00. The lowest BCUT2D eigenvalue weighted by molar-refractivity contribution is -0.0582. The fourth-order valence-corrected chi connectivity index (χ4v) is 3.89. The zero-order valence-electron chi connectivity index (χ0n) is 13.0. The summed E-state index contributed by atoms with van der Waals surface area (Å²) in [4.78, 5) is 0. The molecule has 2 unspecified atom stereocenters. The van der Waals surface area contributed by atoms with Crippen molar-refractivity contribution >= 4 is 0 Å². The summed E-state index contributed by atoms with van der Waals surface area (Å²) in [6.07, 6.45) is 14.3. The van der Waals surface area contributed by atoms with Gasteiger partial charge in [-0.2, -0.15) is 0 Å². The van der Waals surface area contributed by atoms with E-state index >= 15 is 0 Å². The Labute approximate surface area is 119 Å². The van der Waals surface area contributed by atoms with Gasteiger partial charge in [-0.25, -0.2) is 0 Å². The second-order valence-corrected chi connectivity index (χ2v) is 6.71. The second-order valence-electron chi connectivity index (χ2n) is 6.71. The van der Waals surface area contributed by atoms with E-state index in [1.165, 1.54) is 64.2 Å². The van der Waals surface area contributed by atoms with Crippen LogP contribution in [0.4, 0.5) is 0 Å². The summed E-state index contributed by atoms with van der Waals surface area (Å²) in [7, 11) is 2.10. The molecule has 1 aliphatic carbocycles. The summed E-state index contributed by atoms with van der Waals surface area (Å²) in [5.74, 6) is 1.71. The monoisotopic (exact) mass is 267 g/mol. The quantitative estimate of drug-likeness (QED) is 0.730. The van der Waals surface area contributed by atoms with Crippen LogP contribution in [0.1, 0.15) is 71.1 Å². The van der Waals surface area contributed by atoms with Gasteiger partial charge in [0.15, 0.2) is 0 Å². The summed E-state index contributed by atoms with van der Waals surface area (Å²) in [6, 6.07) is 0.765. The Morgan fingerprint density at radius 3 is 2.37 bits per heavy atom. The van der Waals surface area contributed by atoms with Gasteiger partial charge in [0.05, 0.1) is 6.10 Å². The molecule has 2 nitrogen and oxygen atoms in total. The molecule has 1 saturated heterocycles. The van der Waals surface area contributed by atoms with E-state index in [0.29, 0.717) is 6.10 Å². The maximum Gasteiger partial charge on any atom is 0.0603 e. The summed E-state index contributed by atoms with van der Waals surface area (Å²) in [5.41, 5.74) is 0. The molecule has 2 aliphatic rings. The van der Waals surface area contributed by atoms with Gasteiger partial charge in [0, 0.05) is 12.6 Å². The maximum atomic E-state index is 6.21. The van der Waals surface area contributed by atoms with Crippen LogP contribution in [0.15, 0.2) is 0 Å². The average Bonchev–Trinajstić information content (AvgIpc) is 2.48. The van der Waals surface area contributed by atoms with E-state index in [1.54, 1.807) is 0 Å². The Hall–Kier alpha value is -0.0800. The number of hydrogen-bond acceptors (Lipinski definition) is 2. The van der Waals surface area contributed by atoms with Crippen LogP contribution >= 0.6 is 0 Å². The minimum Gasteiger partial charge on any atom is -0.378 e. The third kappa shape index (κ3) is 4.75. The molecule has 1 saturated carbocycles. The van der Waals surface area contributed by atoms with Crippen LogP contribution in [0.25, 0.3) is 0 Å². The number of ether oxygens (including phenoxy) is 1. The highest BCUT2D eigenvalue weighted by molar-refractivity contribution is 4.83. The molecule has 0 amide bonds. The highest BCUT2D eigenvalue weighted by Gasteiger charge is 2.31. The number of unbranched alkanes of at least 4 members (excludes halogenated alkanes) is 2. The number of rotatable bonds is 6. The molecule has 1 heterocycles. The smallest absolute Gasteiger partial charge is 0.0603 e. The maximum absolute atomic E-state index is 6.21. The summed E-state index contributed by atoms with van der Waals surface area (Å²) in [5, 5.41) is 3.42. The summed E-state index contributed by atoms with van der Waals surface area (Å²) >= 11 is 0. The van der Waals surface area contributed by atoms with Crippen LogP contribution in [-0.4, -0.2) is 25.8 Å². The molecule has 0 aromatic rings. The van der Waals surface area contributed by atoms with Crippen LogP contribution in [0.3, 0.4) is 0 Å². The lowest BCUT2D eigenvalue weighted by Crippen LogP contribution is -2.37. The molecule has 19 heavy (non-hydrogen) atoms. The van der Waals surface area contributed by atoms with Gasteiger partial charge in [-0.3, -0.25) is 0 Å². The van der Waals surface area contributed by atoms with Gasteiger partial charge in [0.25, 0.3) is 0 Å². The average molecular weight is 267 g/mol. The van der Waals surface area contributed by atoms with E-state index in [1.807, 2.05) is 0 Å². The normalized spacial score (nSPS) is 36.3. The minimum atomic E-state index is 0.584. The summed E-state index contributed by atoms with van der Waals surface area (Å²) in [6.45, 7) is 3.33. The number of nitrogens with one attached hydrogen (secondary N) is 1. The van der Waals surface area contributed by atoms with Gasteiger partial charge in [-0.05, 0) is 63.8 Å². The summed E-state index contributed by atoms with van der Waals surface area (Å²) < 4.78 is 6.21. The topological polar surface area (TPSA) is 21.3 Å². The molecule has 0 spiro atoms. The van der Waals surface area contributed by atoms with Gasteiger partial charge < -0.3 is 10.1 Å². The van der Waals surface area contributed by atoms with Gasteiger partial charge in [0.2, 0.25) is 0 Å². The molecule has 2 fully saturated rings. The van der Waals surface area contributed by atoms with E-state index in [9.17, 15) is 0 Å². The molecule has 2 heteroatoms. The molecule has 0 radical (unpaired) electrons. The molecular weight excluding hydrogens is 234 g/mol. The Balaban J connectivity index is 1.63. The Morgan fingerprint density at radius 2 is 1.79 bits per heavy atom. The Bertz CT molecular complexity index is 227. The molecule has 0 bridgehead atoms. The van der Waals surface area contributed by atoms with E-state index in [-0.39, 0.29) is 0 Å². The van der Waals surface area contributed by atoms with Crippen molar-refractivity contribution < 1.29 is 4.74 Å². The molecule has 1 N–H and O–H groups in total. The van der Waals surface area contributed by atoms with Crippen molar-refractivity contribution in [3.8, 4) is 0 Å². The SMILES string of the molecule is CCCCCC1CCC(C2CCC(NC)CC2)OC1. The largest absolute Gasteiger partial charge is 0.378 e. The van der Waals surface area contributed by atoms with E-state index in [0.717, 1.165) is 24.5 Å². The van der Waals surface area contributed by atoms with Crippen LogP contribution in [0.5, 0.6) is 0 Å². The van der Waals surface area contributed by atoms with Crippen molar-refractivity contribution in [3.05, 3.63) is 0 Å². The van der Waals surface area contributed by atoms with Crippen LogP contribution in [0, 0.1) is 11.8 Å². The van der Waals surface area contributed by atoms with Crippen molar-refractivity contribution in [1.82, 2.24) is 5.32 Å².